The SMILES string of the molecule is Cc1nc(N2CCOC3CCCCC32)sc1C(C)O. The first-order valence-electron chi connectivity index (χ1n) is 7.20. The normalized spacial score (nSPS) is 29.1. The van der Waals surface area contributed by atoms with Crippen LogP contribution in [0, 0.1) is 6.92 Å². The van der Waals surface area contributed by atoms with E-state index in [0.717, 1.165) is 28.9 Å². The van der Waals surface area contributed by atoms with Gasteiger partial charge in [0.1, 0.15) is 0 Å². The van der Waals surface area contributed by atoms with Crippen molar-refractivity contribution in [1.29, 1.82) is 0 Å². The van der Waals surface area contributed by atoms with Crippen LogP contribution >= 0.6 is 11.3 Å². The van der Waals surface area contributed by atoms with Gasteiger partial charge < -0.3 is 14.7 Å². The van der Waals surface area contributed by atoms with Gasteiger partial charge in [-0.25, -0.2) is 4.98 Å². The Bertz CT molecular complexity index is 445. The van der Waals surface area contributed by atoms with Gasteiger partial charge in [-0.15, -0.1) is 0 Å². The number of aromatic nitrogens is 1. The summed E-state index contributed by atoms with van der Waals surface area (Å²) in [6.45, 7) is 5.52. The first-order chi connectivity index (χ1) is 9.16. The quantitative estimate of drug-likeness (QED) is 0.906. The molecule has 2 heterocycles. The van der Waals surface area contributed by atoms with Gasteiger partial charge in [0.2, 0.25) is 0 Å². The summed E-state index contributed by atoms with van der Waals surface area (Å²) >= 11 is 1.64. The third kappa shape index (κ3) is 2.51. The van der Waals surface area contributed by atoms with Crippen LogP contribution in [-0.2, 0) is 4.74 Å². The molecule has 0 bridgehead atoms. The van der Waals surface area contributed by atoms with Crippen LogP contribution in [0.3, 0.4) is 0 Å². The van der Waals surface area contributed by atoms with Crippen LogP contribution in [0.2, 0.25) is 0 Å². The molecule has 1 N–H and O–H groups in total. The average Bonchev–Trinajstić information content (AvgIpc) is 2.80. The van der Waals surface area contributed by atoms with Crippen LogP contribution in [0.15, 0.2) is 0 Å². The van der Waals surface area contributed by atoms with Gasteiger partial charge >= 0.3 is 0 Å². The molecular formula is C14H22N2O2S. The predicted molar refractivity (Wildman–Crippen MR) is 76.8 cm³/mol. The van der Waals surface area contributed by atoms with Gasteiger partial charge in [-0.1, -0.05) is 24.2 Å². The van der Waals surface area contributed by atoms with Gasteiger partial charge in [0, 0.05) is 6.54 Å². The fourth-order valence-corrected chi connectivity index (χ4v) is 4.33. The van der Waals surface area contributed by atoms with Gasteiger partial charge in [-0.2, -0.15) is 0 Å². The van der Waals surface area contributed by atoms with E-state index < -0.39 is 6.10 Å². The van der Waals surface area contributed by atoms with Crippen molar-refractivity contribution in [3.63, 3.8) is 0 Å². The van der Waals surface area contributed by atoms with Crippen LogP contribution in [0.25, 0.3) is 0 Å². The zero-order chi connectivity index (χ0) is 13.4. The van der Waals surface area contributed by atoms with Gasteiger partial charge in [0.05, 0.1) is 35.4 Å². The number of aliphatic hydroxyl groups excluding tert-OH is 1. The van der Waals surface area contributed by atoms with Gasteiger partial charge in [0.25, 0.3) is 0 Å². The van der Waals surface area contributed by atoms with Crippen molar-refractivity contribution in [3.8, 4) is 0 Å². The summed E-state index contributed by atoms with van der Waals surface area (Å²) in [6, 6.07) is 0.481. The fourth-order valence-electron chi connectivity index (χ4n) is 3.24. The van der Waals surface area contributed by atoms with E-state index in [1.807, 2.05) is 13.8 Å². The van der Waals surface area contributed by atoms with Gasteiger partial charge in [-0.05, 0) is 26.7 Å². The van der Waals surface area contributed by atoms with Crippen LogP contribution in [0.4, 0.5) is 5.13 Å². The van der Waals surface area contributed by atoms with Crippen LogP contribution in [0.5, 0.6) is 0 Å². The third-order valence-electron chi connectivity index (χ3n) is 4.18. The minimum Gasteiger partial charge on any atom is -0.388 e. The van der Waals surface area contributed by atoms with Crippen LogP contribution in [0.1, 0.15) is 49.3 Å². The number of thiazole rings is 1. The topological polar surface area (TPSA) is 45.6 Å². The number of morpholine rings is 1. The molecule has 5 heteroatoms. The lowest BCUT2D eigenvalue weighted by Gasteiger charge is -2.43. The number of hydrogen-bond acceptors (Lipinski definition) is 5. The Morgan fingerprint density at radius 3 is 2.95 bits per heavy atom. The zero-order valence-electron chi connectivity index (χ0n) is 11.6. The van der Waals surface area contributed by atoms with Crippen molar-refractivity contribution in [2.45, 2.75) is 57.8 Å². The van der Waals surface area contributed by atoms with Crippen molar-refractivity contribution >= 4 is 16.5 Å². The van der Waals surface area contributed by atoms with Crippen molar-refractivity contribution in [1.82, 2.24) is 4.98 Å². The van der Waals surface area contributed by atoms with E-state index in [1.54, 1.807) is 11.3 Å². The Morgan fingerprint density at radius 1 is 1.42 bits per heavy atom. The summed E-state index contributed by atoms with van der Waals surface area (Å²) in [4.78, 5) is 8.08. The molecule has 1 aromatic rings. The lowest BCUT2D eigenvalue weighted by Crippen LogP contribution is -2.52. The zero-order valence-corrected chi connectivity index (χ0v) is 12.4. The Labute approximate surface area is 118 Å². The predicted octanol–water partition coefficient (Wildman–Crippen LogP) is 2.65. The van der Waals surface area contributed by atoms with E-state index in [2.05, 4.69) is 9.88 Å². The van der Waals surface area contributed by atoms with Crippen molar-refractivity contribution in [3.05, 3.63) is 10.6 Å². The fraction of sp³-hybridized carbons (Fsp3) is 0.786. The highest BCUT2D eigenvalue weighted by molar-refractivity contribution is 7.15. The molecule has 2 aliphatic rings. The number of hydrogen-bond donors (Lipinski definition) is 1. The minimum atomic E-state index is -0.422. The number of rotatable bonds is 2. The molecule has 4 nitrogen and oxygen atoms in total. The van der Waals surface area contributed by atoms with Crippen molar-refractivity contribution < 1.29 is 9.84 Å². The van der Waals surface area contributed by atoms with E-state index in [0.29, 0.717) is 12.1 Å². The molecule has 1 aliphatic carbocycles. The molecule has 0 amide bonds. The molecular weight excluding hydrogens is 260 g/mol. The molecule has 0 radical (unpaired) electrons. The maximum absolute atomic E-state index is 9.78. The maximum atomic E-state index is 9.78. The minimum absolute atomic E-state index is 0.377. The van der Waals surface area contributed by atoms with E-state index >= 15 is 0 Å². The Kier molecular flexibility index (Phi) is 3.78. The summed E-state index contributed by atoms with van der Waals surface area (Å²) in [6.07, 6.45) is 4.90. The second kappa shape index (κ2) is 5.38. The molecule has 0 aromatic carbocycles. The van der Waals surface area contributed by atoms with Gasteiger partial charge in [-0.3, -0.25) is 0 Å². The Morgan fingerprint density at radius 2 is 2.21 bits per heavy atom. The summed E-state index contributed by atoms with van der Waals surface area (Å²) in [5.41, 5.74) is 0.967. The molecule has 3 unspecified atom stereocenters. The van der Waals surface area contributed by atoms with Crippen molar-refractivity contribution in [2.24, 2.45) is 0 Å². The largest absolute Gasteiger partial charge is 0.388 e. The van der Waals surface area contributed by atoms with Crippen LogP contribution < -0.4 is 4.90 Å². The number of fused-ring (bicyclic) bond motifs is 1. The first-order valence-corrected chi connectivity index (χ1v) is 8.02. The molecule has 1 saturated heterocycles. The molecule has 2 fully saturated rings. The summed E-state index contributed by atoms with van der Waals surface area (Å²) < 4.78 is 5.90. The highest BCUT2D eigenvalue weighted by atomic mass is 32.1. The number of anilines is 1. The van der Waals surface area contributed by atoms with Gasteiger partial charge in [0.15, 0.2) is 5.13 Å². The average molecular weight is 282 g/mol. The van der Waals surface area contributed by atoms with E-state index in [-0.39, 0.29) is 0 Å². The number of aryl methyl sites for hydroxylation is 1. The number of ether oxygens (including phenoxy) is 1. The lowest BCUT2D eigenvalue weighted by atomic mass is 9.90. The first kappa shape index (κ1) is 13.3. The monoisotopic (exact) mass is 282 g/mol. The molecule has 0 spiro atoms. The van der Waals surface area contributed by atoms with E-state index in [9.17, 15) is 5.11 Å². The lowest BCUT2D eigenvalue weighted by molar-refractivity contribution is -0.00869. The third-order valence-corrected chi connectivity index (χ3v) is 5.54. The van der Waals surface area contributed by atoms with Crippen molar-refractivity contribution in [2.75, 3.05) is 18.1 Å². The summed E-state index contributed by atoms with van der Waals surface area (Å²) in [5.74, 6) is 0. The Balaban J connectivity index is 1.85. The smallest absolute Gasteiger partial charge is 0.186 e. The second-order valence-electron chi connectivity index (χ2n) is 5.58. The van der Waals surface area contributed by atoms with E-state index in [1.165, 1.54) is 25.7 Å². The molecule has 1 saturated carbocycles. The Hall–Kier alpha value is -0.650. The van der Waals surface area contributed by atoms with Crippen LogP contribution in [-0.4, -0.2) is 35.4 Å². The molecule has 19 heavy (non-hydrogen) atoms. The summed E-state index contributed by atoms with van der Waals surface area (Å²) in [5, 5.41) is 10.8. The number of nitrogens with zero attached hydrogens (tertiary/aromatic N) is 2. The number of aliphatic hydroxyl groups is 1. The highest BCUT2D eigenvalue weighted by Crippen LogP contribution is 2.36. The summed E-state index contributed by atoms with van der Waals surface area (Å²) in [7, 11) is 0. The maximum Gasteiger partial charge on any atom is 0.186 e. The molecule has 3 rings (SSSR count). The van der Waals surface area contributed by atoms with E-state index in [4.69, 9.17) is 4.74 Å². The molecule has 106 valence electrons. The second-order valence-corrected chi connectivity index (χ2v) is 6.59. The standard InChI is InChI=1S/C14H22N2O2S/c1-9-13(10(2)17)19-14(15-9)16-7-8-18-12-6-4-3-5-11(12)16/h10-12,17H,3-8H2,1-2H3. The molecule has 3 atom stereocenters. The molecule has 1 aliphatic heterocycles. The molecule has 1 aromatic heterocycles. The highest BCUT2D eigenvalue weighted by Gasteiger charge is 2.35.